The van der Waals surface area contributed by atoms with Crippen LogP contribution in [0.25, 0.3) is 0 Å². The maximum absolute atomic E-state index is 11.5. The summed E-state index contributed by atoms with van der Waals surface area (Å²) in [5, 5.41) is 6.50. The van der Waals surface area contributed by atoms with Gasteiger partial charge in [0, 0.05) is 12.6 Å². The van der Waals surface area contributed by atoms with Gasteiger partial charge in [0.1, 0.15) is 4.88 Å². The van der Waals surface area contributed by atoms with Crippen LogP contribution in [-0.2, 0) is 0 Å². The Morgan fingerprint density at radius 2 is 2.43 bits per heavy atom. The van der Waals surface area contributed by atoms with Gasteiger partial charge in [0.2, 0.25) is 0 Å². The predicted octanol–water partition coefficient (Wildman–Crippen LogP) is 0.314. The zero-order valence-electron chi connectivity index (χ0n) is 8.28. The van der Waals surface area contributed by atoms with Gasteiger partial charge < -0.3 is 11.1 Å². The standard InChI is InChI=1S/C8H14N4OS/c1-3-6(9)4-10-8(13)7-5(2)11-12-14-7/h6H,3-4,9H2,1-2H3,(H,10,13). The van der Waals surface area contributed by atoms with Crippen molar-refractivity contribution in [1.29, 1.82) is 0 Å². The summed E-state index contributed by atoms with van der Waals surface area (Å²) in [4.78, 5) is 12.1. The average molecular weight is 214 g/mol. The minimum Gasteiger partial charge on any atom is -0.350 e. The van der Waals surface area contributed by atoms with E-state index in [9.17, 15) is 4.79 Å². The number of aromatic nitrogens is 2. The number of nitrogens with one attached hydrogen (secondary N) is 1. The van der Waals surface area contributed by atoms with Gasteiger partial charge in [0.25, 0.3) is 5.91 Å². The van der Waals surface area contributed by atoms with Crippen LogP contribution in [0, 0.1) is 6.92 Å². The molecule has 6 heteroatoms. The second kappa shape index (κ2) is 5.02. The Bertz CT molecular complexity index is 312. The van der Waals surface area contributed by atoms with Gasteiger partial charge in [-0.3, -0.25) is 4.79 Å². The molecule has 3 N–H and O–H groups in total. The molecule has 14 heavy (non-hydrogen) atoms. The number of aryl methyl sites for hydroxylation is 1. The Hall–Kier alpha value is -1.01. The molecule has 0 radical (unpaired) electrons. The largest absolute Gasteiger partial charge is 0.350 e. The maximum Gasteiger partial charge on any atom is 0.264 e. The molecule has 1 atom stereocenters. The molecule has 0 fully saturated rings. The van der Waals surface area contributed by atoms with Gasteiger partial charge in [-0.25, -0.2) is 0 Å². The lowest BCUT2D eigenvalue weighted by molar-refractivity contribution is 0.0954. The van der Waals surface area contributed by atoms with Crippen LogP contribution in [-0.4, -0.2) is 28.1 Å². The van der Waals surface area contributed by atoms with Crippen molar-refractivity contribution in [3.63, 3.8) is 0 Å². The molecule has 0 aliphatic carbocycles. The summed E-state index contributed by atoms with van der Waals surface area (Å²) in [7, 11) is 0. The highest BCUT2D eigenvalue weighted by Crippen LogP contribution is 2.08. The summed E-state index contributed by atoms with van der Waals surface area (Å²) in [6, 6.07) is 0.0140. The molecule has 5 nitrogen and oxygen atoms in total. The first kappa shape index (κ1) is 11.1. The molecule has 0 aromatic carbocycles. The van der Waals surface area contributed by atoms with E-state index >= 15 is 0 Å². The van der Waals surface area contributed by atoms with Crippen molar-refractivity contribution in [1.82, 2.24) is 14.9 Å². The van der Waals surface area contributed by atoms with E-state index in [0.29, 0.717) is 17.1 Å². The second-order valence-corrected chi connectivity index (χ2v) is 3.82. The molecule has 1 aromatic heterocycles. The number of carbonyl (C=O) groups is 1. The van der Waals surface area contributed by atoms with Gasteiger partial charge >= 0.3 is 0 Å². The Labute approximate surface area is 86.9 Å². The number of hydrogen-bond acceptors (Lipinski definition) is 5. The van der Waals surface area contributed by atoms with Crippen LogP contribution in [0.2, 0.25) is 0 Å². The molecular weight excluding hydrogens is 200 g/mol. The lowest BCUT2D eigenvalue weighted by atomic mass is 10.2. The van der Waals surface area contributed by atoms with Crippen molar-refractivity contribution in [2.24, 2.45) is 5.73 Å². The van der Waals surface area contributed by atoms with Gasteiger partial charge in [-0.1, -0.05) is 11.4 Å². The first-order chi connectivity index (χ1) is 6.65. The molecule has 1 rings (SSSR count). The molecule has 0 aliphatic rings. The monoisotopic (exact) mass is 214 g/mol. The number of amides is 1. The molecule has 78 valence electrons. The van der Waals surface area contributed by atoms with Crippen LogP contribution >= 0.6 is 11.5 Å². The van der Waals surface area contributed by atoms with Gasteiger partial charge in [-0.15, -0.1) is 5.10 Å². The fraction of sp³-hybridized carbons (Fsp3) is 0.625. The van der Waals surface area contributed by atoms with Crippen molar-refractivity contribution in [3.05, 3.63) is 10.6 Å². The summed E-state index contributed by atoms with van der Waals surface area (Å²) in [5.74, 6) is -0.138. The highest BCUT2D eigenvalue weighted by Gasteiger charge is 2.13. The second-order valence-electron chi connectivity index (χ2n) is 3.07. The third-order valence-electron chi connectivity index (χ3n) is 1.91. The lowest BCUT2D eigenvalue weighted by Crippen LogP contribution is -2.36. The number of nitrogens with two attached hydrogens (primary N) is 1. The molecular formula is C8H14N4OS. The highest BCUT2D eigenvalue weighted by atomic mass is 32.1. The van der Waals surface area contributed by atoms with E-state index in [1.807, 2.05) is 6.92 Å². The third kappa shape index (κ3) is 2.74. The van der Waals surface area contributed by atoms with E-state index in [1.54, 1.807) is 6.92 Å². The fourth-order valence-electron chi connectivity index (χ4n) is 0.888. The summed E-state index contributed by atoms with van der Waals surface area (Å²) in [6.45, 7) is 4.24. The van der Waals surface area contributed by atoms with Gasteiger partial charge in [-0.2, -0.15) is 0 Å². The SMILES string of the molecule is CCC(N)CNC(=O)c1snnc1C. The molecule has 1 heterocycles. The van der Waals surface area contributed by atoms with E-state index in [0.717, 1.165) is 18.0 Å². The zero-order chi connectivity index (χ0) is 10.6. The van der Waals surface area contributed by atoms with Gasteiger partial charge in [0.05, 0.1) is 5.69 Å². The minimum atomic E-state index is -0.138. The van der Waals surface area contributed by atoms with E-state index in [-0.39, 0.29) is 11.9 Å². The van der Waals surface area contributed by atoms with E-state index in [2.05, 4.69) is 14.9 Å². The third-order valence-corrected chi connectivity index (χ3v) is 2.73. The number of nitrogens with zero attached hydrogens (tertiary/aromatic N) is 2. The van der Waals surface area contributed by atoms with Crippen LogP contribution in [0.5, 0.6) is 0 Å². The quantitative estimate of drug-likeness (QED) is 0.756. The number of carbonyl (C=O) groups excluding carboxylic acids is 1. The van der Waals surface area contributed by atoms with E-state index < -0.39 is 0 Å². The minimum absolute atomic E-state index is 0.0140. The Morgan fingerprint density at radius 3 is 2.93 bits per heavy atom. The van der Waals surface area contributed by atoms with Gasteiger partial charge in [-0.05, 0) is 24.9 Å². The van der Waals surface area contributed by atoms with Crippen molar-refractivity contribution in [2.45, 2.75) is 26.3 Å². The Kier molecular flexibility index (Phi) is 3.97. The first-order valence-electron chi connectivity index (χ1n) is 4.47. The normalized spacial score (nSPS) is 12.5. The predicted molar refractivity (Wildman–Crippen MR) is 55.2 cm³/mol. The molecule has 1 unspecified atom stereocenters. The summed E-state index contributed by atoms with van der Waals surface area (Å²) in [5.41, 5.74) is 6.33. The summed E-state index contributed by atoms with van der Waals surface area (Å²) < 4.78 is 3.69. The number of hydrogen-bond donors (Lipinski definition) is 2. The molecule has 0 spiro atoms. The molecule has 1 aromatic rings. The van der Waals surface area contributed by atoms with Crippen molar-refractivity contribution >= 4 is 17.4 Å². The fourth-order valence-corrected chi connectivity index (χ4v) is 1.46. The van der Waals surface area contributed by atoms with Crippen molar-refractivity contribution in [3.8, 4) is 0 Å². The van der Waals surface area contributed by atoms with Crippen molar-refractivity contribution < 1.29 is 4.79 Å². The molecule has 0 aliphatic heterocycles. The maximum atomic E-state index is 11.5. The highest BCUT2D eigenvalue weighted by molar-refractivity contribution is 7.07. The van der Waals surface area contributed by atoms with Crippen LogP contribution < -0.4 is 11.1 Å². The number of rotatable bonds is 4. The lowest BCUT2D eigenvalue weighted by Gasteiger charge is -2.08. The van der Waals surface area contributed by atoms with Crippen LogP contribution in [0.15, 0.2) is 0 Å². The van der Waals surface area contributed by atoms with E-state index in [1.165, 1.54) is 0 Å². The van der Waals surface area contributed by atoms with Crippen LogP contribution in [0.1, 0.15) is 28.7 Å². The van der Waals surface area contributed by atoms with Crippen LogP contribution in [0.4, 0.5) is 0 Å². The smallest absolute Gasteiger partial charge is 0.264 e. The molecule has 0 saturated carbocycles. The Balaban J connectivity index is 2.47. The summed E-state index contributed by atoms with van der Waals surface area (Å²) in [6.07, 6.45) is 0.847. The average Bonchev–Trinajstić information content (AvgIpc) is 2.60. The van der Waals surface area contributed by atoms with Gasteiger partial charge in [0.15, 0.2) is 0 Å². The molecule has 0 bridgehead atoms. The zero-order valence-corrected chi connectivity index (χ0v) is 9.10. The summed E-state index contributed by atoms with van der Waals surface area (Å²) >= 11 is 1.10. The molecule has 1 amide bonds. The van der Waals surface area contributed by atoms with Crippen molar-refractivity contribution in [2.75, 3.05) is 6.54 Å². The van der Waals surface area contributed by atoms with E-state index in [4.69, 9.17) is 5.73 Å². The Morgan fingerprint density at radius 1 is 1.71 bits per heavy atom. The van der Waals surface area contributed by atoms with Crippen LogP contribution in [0.3, 0.4) is 0 Å². The first-order valence-corrected chi connectivity index (χ1v) is 5.25. The topological polar surface area (TPSA) is 80.9 Å². The molecule has 0 saturated heterocycles.